The zero-order valence-corrected chi connectivity index (χ0v) is 5.47. The summed E-state index contributed by atoms with van der Waals surface area (Å²) in [5.74, 6) is 0. The van der Waals surface area contributed by atoms with Crippen molar-refractivity contribution < 1.29 is 10.1 Å². The van der Waals surface area contributed by atoms with Crippen LogP contribution in [0.25, 0.3) is 0 Å². The van der Waals surface area contributed by atoms with Crippen LogP contribution in [0.5, 0.6) is 0 Å². The molecular weight excluding hydrogens is 123 g/mol. The van der Waals surface area contributed by atoms with E-state index in [1.807, 2.05) is 0 Å². The second kappa shape index (κ2) is 6.47. The lowest BCUT2D eigenvalue weighted by Gasteiger charge is -1.88. The molecular formula is C3H6AlN2O2. The third-order valence-electron chi connectivity index (χ3n) is 0.385. The molecule has 0 spiro atoms. The van der Waals surface area contributed by atoms with E-state index in [1.54, 1.807) is 0 Å². The van der Waals surface area contributed by atoms with E-state index in [4.69, 9.17) is 5.21 Å². The number of hydrogen-bond donors (Lipinski definition) is 1. The van der Waals surface area contributed by atoms with Gasteiger partial charge in [-0.3, -0.25) is 0 Å². The highest BCUT2D eigenvalue weighted by Crippen LogP contribution is 1.70. The summed E-state index contributed by atoms with van der Waals surface area (Å²) in [4.78, 5) is 0.118. The van der Waals surface area contributed by atoms with Gasteiger partial charge in [-0.25, -0.2) is 0 Å². The molecule has 0 heterocycles. The number of rotatable bonds is 2. The fourth-order valence-electron chi connectivity index (χ4n) is 0.147. The normalized spacial score (nSPS) is 9.75. The third-order valence-corrected chi connectivity index (χ3v) is 0.385. The van der Waals surface area contributed by atoms with Crippen LogP contribution in [-0.4, -0.2) is 34.0 Å². The van der Waals surface area contributed by atoms with E-state index in [9.17, 15) is 5.21 Å². The van der Waals surface area contributed by atoms with Gasteiger partial charge in [-0.15, -0.1) is 0 Å². The summed E-state index contributed by atoms with van der Waals surface area (Å²) in [6.45, 7) is 3.26. The first-order valence-corrected chi connectivity index (χ1v) is 1.72. The lowest BCUT2D eigenvalue weighted by atomic mass is 10.7. The Labute approximate surface area is 57.8 Å². The van der Waals surface area contributed by atoms with Crippen molar-refractivity contribution in [2.24, 2.45) is 5.28 Å². The van der Waals surface area contributed by atoms with Crippen molar-refractivity contribution in [2.75, 3.05) is 6.54 Å². The SMILES string of the molecule is C=CC[N+]([O-])=NO.[Al]. The lowest BCUT2D eigenvalue weighted by Crippen LogP contribution is -1.97. The van der Waals surface area contributed by atoms with Gasteiger partial charge in [-0.05, 0) is 6.08 Å². The van der Waals surface area contributed by atoms with Crippen molar-refractivity contribution in [3.8, 4) is 0 Å². The van der Waals surface area contributed by atoms with Crippen LogP contribution in [0.15, 0.2) is 17.9 Å². The highest BCUT2D eigenvalue weighted by Gasteiger charge is 1.82. The molecule has 1 N–H and O–H groups in total. The third kappa shape index (κ3) is 5.47. The molecule has 0 saturated carbocycles. The summed E-state index contributed by atoms with van der Waals surface area (Å²) < 4.78 is 0. The highest BCUT2D eigenvalue weighted by molar-refractivity contribution is 5.75. The second-order valence-electron chi connectivity index (χ2n) is 0.913. The van der Waals surface area contributed by atoms with Gasteiger partial charge in [0.25, 0.3) is 0 Å². The van der Waals surface area contributed by atoms with Crippen LogP contribution in [0.2, 0.25) is 0 Å². The molecule has 0 aromatic carbocycles. The summed E-state index contributed by atoms with van der Waals surface area (Å²) in [6.07, 6.45) is 1.34. The standard InChI is InChI=1S/C3H6N2O2.Al/c1-2-3-5(7)4-6;/h2,6H,1,3H2;. The average molecular weight is 129 g/mol. The summed E-state index contributed by atoms with van der Waals surface area (Å²) >= 11 is 0. The van der Waals surface area contributed by atoms with E-state index in [0.717, 1.165) is 0 Å². The van der Waals surface area contributed by atoms with Gasteiger partial charge >= 0.3 is 0 Å². The molecule has 0 bridgehead atoms. The fourth-order valence-corrected chi connectivity index (χ4v) is 0.147. The molecule has 5 heteroatoms. The van der Waals surface area contributed by atoms with E-state index < -0.39 is 0 Å². The Bertz CT molecular complexity index is 93.3. The lowest BCUT2D eigenvalue weighted by molar-refractivity contribution is -0.546. The van der Waals surface area contributed by atoms with E-state index in [0.29, 0.717) is 0 Å². The molecule has 3 radical (unpaired) electrons. The van der Waals surface area contributed by atoms with Gasteiger partial charge in [0, 0.05) is 17.4 Å². The Kier molecular flexibility index (Phi) is 8.46. The van der Waals surface area contributed by atoms with Crippen LogP contribution in [-0.2, 0) is 0 Å². The second-order valence-corrected chi connectivity index (χ2v) is 0.913. The summed E-state index contributed by atoms with van der Waals surface area (Å²) in [5, 5.41) is 19.8. The Morgan fingerprint density at radius 3 is 2.50 bits per heavy atom. The van der Waals surface area contributed by atoms with Crippen LogP contribution in [0, 0.1) is 5.21 Å². The van der Waals surface area contributed by atoms with Crippen molar-refractivity contribution >= 4 is 17.4 Å². The van der Waals surface area contributed by atoms with Crippen molar-refractivity contribution in [3.63, 3.8) is 0 Å². The minimum Gasteiger partial charge on any atom is -0.597 e. The van der Waals surface area contributed by atoms with Crippen LogP contribution in [0.1, 0.15) is 0 Å². The quantitative estimate of drug-likeness (QED) is 0.189. The molecule has 0 atom stereocenters. The maximum Gasteiger partial charge on any atom is 0.202 e. The maximum atomic E-state index is 9.84. The Morgan fingerprint density at radius 1 is 1.88 bits per heavy atom. The first-order chi connectivity index (χ1) is 3.31. The van der Waals surface area contributed by atoms with E-state index >= 15 is 0 Å². The molecule has 8 heavy (non-hydrogen) atoms. The molecule has 0 aromatic heterocycles. The fraction of sp³-hybridized carbons (Fsp3) is 0.333. The zero-order valence-electron chi connectivity index (χ0n) is 4.32. The van der Waals surface area contributed by atoms with E-state index in [2.05, 4.69) is 11.9 Å². The molecule has 0 rings (SSSR count). The summed E-state index contributed by atoms with van der Waals surface area (Å²) in [5.41, 5.74) is 0. The Balaban J connectivity index is 0. The van der Waals surface area contributed by atoms with Gasteiger partial charge in [0.15, 0.2) is 5.28 Å². The Hall–Kier alpha value is -0.528. The van der Waals surface area contributed by atoms with Gasteiger partial charge in [0.2, 0.25) is 6.54 Å². The van der Waals surface area contributed by atoms with Gasteiger partial charge in [-0.1, -0.05) is 11.4 Å². The predicted molar refractivity (Wildman–Crippen MR) is 28.7 cm³/mol. The van der Waals surface area contributed by atoms with Crippen LogP contribution >= 0.6 is 0 Å². The molecule has 4 nitrogen and oxygen atoms in total. The summed E-state index contributed by atoms with van der Waals surface area (Å²) in [6, 6.07) is 0. The molecule has 0 amide bonds. The molecule has 0 unspecified atom stereocenters. The van der Waals surface area contributed by atoms with Gasteiger partial charge in [0.1, 0.15) is 0 Å². The minimum atomic E-state index is 0. The maximum absolute atomic E-state index is 9.84. The molecule has 0 fully saturated rings. The molecule has 0 aromatic rings. The molecule has 0 aliphatic rings. The topological polar surface area (TPSA) is 58.7 Å². The van der Waals surface area contributed by atoms with Crippen molar-refractivity contribution in [1.82, 2.24) is 0 Å². The van der Waals surface area contributed by atoms with Gasteiger partial charge < -0.3 is 10.4 Å². The van der Waals surface area contributed by atoms with Gasteiger partial charge in [-0.2, -0.15) is 0 Å². The van der Waals surface area contributed by atoms with Crippen molar-refractivity contribution in [1.29, 1.82) is 0 Å². The predicted octanol–water partition coefficient (Wildman–Crippen LogP) is 0.143. The largest absolute Gasteiger partial charge is 0.597 e. The van der Waals surface area contributed by atoms with Crippen LogP contribution < -0.4 is 0 Å². The van der Waals surface area contributed by atoms with Crippen LogP contribution in [0.4, 0.5) is 0 Å². The number of hydrogen-bond acceptors (Lipinski definition) is 2. The first kappa shape index (κ1) is 10.5. The molecule has 0 saturated heterocycles. The molecule has 0 aliphatic heterocycles. The average Bonchev–Trinajstić information content (AvgIpc) is 1.68. The number of nitrogens with zero attached hydrogens (tertiary/aromatic N) is 2. The molecule has 43 valence electrons. The van der Waals surface area contributed by atoms with Crippen molar-refractivity contribution in [2.45, 2.75) is 0 Å². The Morgan fingerprint density at radius 2 is 2.38 bits per heavy atom. The smallest absolute Gasteiger partial charge is 0.202 e. The number of hydroxylamine groups is 1. The van der Waals surface area contributed by atoms with Crippen molar-refractivity contribution in [3.05, 3.63) is 17.9 Å². The monoisotopic (exact) mass is 129 g/mol. The van der Waals surface area contributed by atoms with E-state index in [-0.39, 0.29) is 28.8 Å². The minimum absolute atomic E-state index is 0. The highest BCUT2D eigenvalue weighted by atomic mass is 27.0. The zero-order chi connectivity index (χ0) is 5.70. The van der Waals surface area contributed by atoms with E-state index in [1.165, 1.54) is 6.08 Å². The van der Waals surface area contributed by atoms with Crippen LogP contribution in [0.3, 0.4) is 0 Å². The van der Waals surface area contributed by atoms with Gasteiger partial charge in [0.05, 0.1) is 0 Å². The molecule has 0 aliphatic carbocycles. The summed E-state index contributed by atoms with van der Waals surface area (Å²) in [7, 11) is 0. The first-order valence-electron chi connectivity index (χ1n) is 1.72.